The number of hydrogen-bond donors (Lipinski definition) is 1. The van der Waals surface area contributed by atoms with Crippen LogP contribution in [0.5, 0.6) is 5.75 Å². The highest BCUT2D eigenvalue weighted by Crippen LogP contribution is 2.33. The fourth-order valence-corrected chi connectivity index (χ4v) is 3.23. The van der Waals surface area contributed by atoms with E-state index >= 15 is 0 Å². The number of H-pyrrole nitrogens is 1. The van der Waals surface area contributed by atoms with E-state index in [0.29, 0.717) is 5.56 Å². The zero-order valence-corrected chi connectivity index (χ0v) is 14.1. The van der Waals surface area contributed by atoms with Gasteiger partial charge in [-0.3, -0.25) is 0 Å². The lowest BCUT2D eigenvalue weighted by atomic mass is 10.0. The van der Waals surface area contributed by atoms with Crippen molar-refractivity contribution >= 4 is 10.9 Å². The summed E-state index contributed by atoms with van der Waals surface area (Å²) < 4.78 is 19.3. The van der Waals surface area contributed by atoms with Crippen molar-refractivity contribution in [3.8, 4) is 28.1 Å². The number of methoxy groups -OCH3 is 1. The molecule has 25 heavy (non-hydrogen) atoms. The summed E-state index contributed by atoms with van der Waals surface area (Å²) in [4.78, 5) is 3.47. The van der Waals surface area contributed by atoms with Gasteiger partial charge in [0.25, 0.3) is 0 Å². The zero-order chi connectivity index (χ0) is 17.4. The van der Waals surface area contributed by atoms with Crippen molar-refractivity contribution in [2.24, 2.45) is 0 Å². The SMILES string of the molecule is COc1ccc2[nH]c(-c3ccc(-c4ccccc4F)cc3)c(C)c2c1. The Morgan fingerprint density at radius 1 is 0.880 bits per heavy atom. The van der Waals surface area contributed by atoms with E-state index in [9.17, 15) is 4.39 Å². The van der Waals surface area contributed by atoms with Crippen LogP contribution in [0.3, 0.4) is 0 Å². The van der Waals surface area contributed by atoms with Gasteiger partial charge in [-0.25, -0.2) is 4.39 Å². The van der Waals surface area contributed by atoms with Crippen LogP contribution < -0.4 is 4.74 Å². The second-order valence-corrected chi connectivity index (χ2v) is 6.09. The van der Waals surface area contributed by atoms with Crippen molar-refractivity contribution in [1.82, 2.24) is 4.98 Å². The van der Waals surface area contributed by atoms with E-state index in [1.807, 2.05) is 48.5 Å². The van der Waals surface area contributed by atoms with Crippen molar-refractivity contribution in [3.63, 3.8) is 0 Å². The Balaban J connectivity index is 1.77. The van der Waals surface area contributed by atoms with Gasteiger partial charge >= 0.3 is 0 Å². The fraction of sp³-hybridized carbons (Fsp3) is 0.0909. The summed E-state index contributed by atoms with van der Waals surface area (Å²) in [5.41, 5.74) is 5.89. The Labute approximate surface area is 145 Å². The van der Waals surface area contributed by atoms with Gasteiger partial charge in [0.1, 0.15) is 11.6 Å². The summed E-state index contributed by atoms with van der Waals surface area (Å²) in [5.74, 6) is 0.639. The molecular weight excluding hydrogens is 313 g/mol. The molecule has 0 radical (unpaired) electrons. The van der Waals surface area contributed by atoms with E-state index < -0.39 is 0 Å². The number of rotatable bonds is 3. The van der Waals surface area contributed by atoms with Gasteiger partial charge in [-0.05, 0) is 47.9 Å². The van der Waals surface area contributed by atoms with Gasteiger partial charge in [0, 0.05) is 22.2 Å². The molecule has 0 amide bonds. The number of aryl methyl sites for hydroxylation is 1. The molecule has 2 nitrogen and oxygen atoms in total. The quantitative estimate of drug-likeness (QED) is 0.492. The van der Waals surface area contributed by atoms with Crippen LogP contribution >= 0.6 is 0 Å². The maximum atomic E-state index is 14.0. The molecule has 0 aliphatic carbocycles. The van der Waals surface area contributed by atoms with Crippen LogP contribution in [-0.4, -0.2) is 12.1 Å². The maximum Gasteiger partial charge on any atom is 0.131 e. The molecule has 1 N–H and O–H groups in total. The van der Waals surface area contributed by atoms with Gasteiger partial charge < -0.3 is 9.72 Å². The molecule has 4 aromatic rings. The number of aromatic nitrogens is 1. The first-order valence-electron chi connectivity index (χ1n) is 8.19. The van der Waals surface area contributed by atoms with Gasteiger partial charge in [-0.2, -0.15) is 0 Å². The average Bonchev–Trinajstić information content (AvgIpc) is 2.98. The molecule has 124 valence electrons. The lowest BCUT2D eigenvalue weighted by molar-refractivity contribution is 0.415. The van der Waals surface area contributed by atoms with Crippen LogP contribution in [0.1, 0.15) is 5.56 Å². The first kappa shape index (κ1) is 15.5. The monoisotopic (exact) mass is 331 g/mol. The molecule has 3 aromatic carbocycles. The predicted octanol–water partition coefficient (Wildman–Crippen LogP) is 5.96. The molecule has 1 heterocycles. The molecule has 0 aliphatic heterocycles. The minimum atomic E-state index is -0.205. The smallest absolute Gasteiger partial charge is 0.131 e. The molecule has 3 heteroatoms. The van der Waals surface area contributed by atoms with Crippen LogP contribution in [0.15, 0.2) is 66.7 Å². The standard InChI is InChI=1S/C22H18FNO/c1-14-19-13-17(25-2)11-12-21(19)24-22(14)16-9-7-15(8-10-16)18-5-3-4-6-20(18)23/h3-13,24H,1-2H3. The first-order valence-corrected chi connectivity index (χ1v) is 8.19. The highest BCUT2D eigenvalue weighted by atomic mass is 19.1. The first-order chi connectivity index (χ1) is 12.2. The molecular formula is C22H18FNO. The third-order valence-electron chi connectivity index (χ3n) is 4.62. The summed E-state index contributed by atoms with van der Waals surface area (Å²) in [5, 5.41) is 1.15. The summed E-state index contributed by atoms with van der Waals surface area (Å²) in [7, 11) is 1.67. The summed E-state index contributed by atoms with van der Waals surface area (Å²) in [6, 6.07) is 20.8. The van der Waals surface area contributed by atoms with Crippen LogP contribution in [0.4, 0.5) is 4.39 Å². The summed E-state index contributed by atoms with van der Waals surface area (Å²) in [6.45, 7) is 2.10. The molecule has 0 spiro atoms. The van der Waals surface area contributed by atoms with Crippen molar-refractivity contribution in [2.45, 2.75) is 6.92 Å². The zero-order valence-electron chi connectivity index (χ0n) is 14.1. The van der Waals surface area contributed by atoms with E-state index in [1.165, 1.54) is 11.6 Å². The molecule has 0 aliphatic rings. The summed E-state index contributed by atoms with van der Waals surface area (Å²) >= 11 is 0. The van der Waals surface area contributed by atoms with Gasteiger partial charge in [0.05, 0.1) is 7.11 Å². The molecule has 0 atom stereocenters. The van der Waals surface area contributed by atoms with Crippen LogP contribution in [0.25, 0.3) is 33.3 Å². The second kappa shape index (κ2) is 6.10. The maximum absolute atomic E-state index is 14.0. The predicted molar refractivity (Wildman–Crippen MR) is 100 cm³/mol. The van der Waals surface area contributed by atoms with Gasteiger partial charge in [0.15, 0.2) is 0 Å². The number of fused-ring (bicyclic) bond motifs is 1. The molecule has 0 unspecified atom stereocenters. The van der Waals surface area contributed by atoms with E-state index in [0.717, 1.165) is 33.5 Å². The fourth-order valence-electron chi connectivity index (χ4n) is 3.23. The number of hydrogen-bond acceptors (Lipinski definition) is 1. The Morgan fingerprint density at radius 3 is 2.32 bits per heavy atom. The third-order valence-corrected chi connectivity index (χ3v) is 4.62. The van der Waals surface area contributed by atoms with Gasteiger partial charge in [0.2, 0.25) is 0 Å². The summed E-state index contributed by atoms with van der Waals surface area (Å²) in [6.07, 6.45) is 0. The molecule has 0 saturated heterocycles. The lowest BCUT2D eigenvalue weighted by Crippen LogP contribution is -1.85. The molecule has 0 fully saturated rings. The number of ether oxygens (including phenoxy) is 1. The Morgan fingerprint density at radius 2 is 1.60 bits per heavy atom. The van der Waals surface area contributed by atoms with Crippen LogP contribution in [-0.2, 0) is 0 Å². The van der Waals surface area contributed by atoms with E-state index in [2.05, 4.69) is 11.9 Å². The average molecular weight is 331 g/mol. The number of benzene rings is 3. The Hall–Kier alpha value is -3.07. The number of aromatic amines is 1. The largest absolute Gasteiger partial charge is 0.497 e. The normalized spacial score (nSPS) is 11.0. The lowest BCUT2D eigenvalue weighted by Gasteiger charge is -2.06. The van der Waals surface area contributed by atoms with Crippen molar-refractivity contribution in [3.05, 3.63) is 78.1 Å². The minimum absolute atomic E-state index is 0.205. The molecule has 1 aromatic heterocycles. The van der Waals surface area contributed by atoms with Crippen molar-refractivity contribution in [2.75, 3.05) is 7.11 Å². The van der Waals surface area contributed by atoms with Crippen molar-refractivity contribution < 1.29 is 9.13 Å². The molecule has 0 bridgehead atoms. The van der Waals surface area contributed by atoms with Crippen LogP contribution in [0, 0.1) is 12.7 Å². The Kier molecular flexibility index (Phi) is 3.77. The highest BCUT2D eigenvalue weighted by Gasteiger charge is 2.11. The van der Waals surface area contributed by atoms with Crippen LogP contribution in [0.2, 0.25) is 0 Å². The molecule has 4 rings (SSSR count). The van der Waals surface area contributed by atoms with Gasteiger partial charge in [-0.15, -0.1) is 0 Å². The van der Waals surface area contributed by atoms with E-state index in [-0.39, 0.29) is 5.82 Å². The van der Waals surface area contributed by atoms with E-state index in [4.69, 9.17) is 4.74 Å². The number of halogens is 1. The minimum Gasteiger partial charge on any atom is -0.497 e. The van der Waals surface area contributed by atoms with E-state index in [1.54, 1.807) is 19.2 Å². The Bertz CT molecular complexity index is 1050. The topological polar surface area (TPSA) is 25.0 Å². The van der Waals surface area contributed by atoms with Gasteiger partial charge in [-0.1, -0.05) is 42.5 Å². The second-order valence-electron chi connectivity index (χ2n) is 6.09. The highest BCUT2D eigenvalue weighted by molar-refractivity contribution is 5.91. The van der Waals surface area contributed by atoms with Crippen molar-refractivity contribution in [1.29, 1.82) is 0 Å². The molecule has 0 saturated carbocycles. The third kappa shape index (κ3) is 2.68. The number of nitrogens with one attached hydrogen (secondary N) is 1.